The maximum absolute atomic E-state index is 13.2. The molecule has 0 saturated carbocycles. The Morgan fingerprint density at radius 3 is 2.43 bits per heavy atom. The van der Waals surface area contributed by atoms with E-state index in [0.717, 1.165) is 20.5 Å². The van der Waals surface area contributed by atoms with E-state index in [4.69, 9.17) is 27.9 Å². The summed E-state index contributed by atoms with van der Waals surface area (Å²) in [7, 11) is 0. The van der Waals surface area contributed by atoms with Gasteiger partial charge in [-0.2, -0.15) is 0 Å². The van der Waals surface area contributed by atoms with Gasteiger partial charge in [0.2, 0.25) is 0 Å². The lowest BCUT2D eigenvalue weighted by Gasteiger charge is -2.26. The number of barbiturate groups is 1. The topological polar surface area (TPSA) is 75.7 Å². The number of imide groups is 2. The lowest BCUT2D eigenvalue weighted by molar-refractivity contribution is -0.122. The number of nitrogens with zero attached hydrogens (tertiary/aromatic N) is 1. The number of nitrogens with one attached hydrogen (secondary N) is 1. The summed E-state index contributed by atoms with van der Waals surface area (Å²) in [6.07, 6.45) is 1.95. The molecule has 6 nitrogen and oxygen atoms in total. The van der Waals surface area contributed by atoms with Crippen molar-refractivity contribution in [2.45, 2.75) is 13.3 Å². The average molecular weight is 574 g/mol. The second kappa shape index (κ2) is 10.6. The van der Waals surface area contributed by atoms with E-state index in [1.54, 1.807) is 24.3 Å². The van der Waals surface area contributed by atoms with E-state index in [-0.39, 0.29) is 5.57 Å². The minimum atomic E-state index is -0.828. The van der Waals surface area contributed by atoms with Gasteiger partial charge in [0, 0.05) is 26.5 Å². The highest BCUT2D eigenvalue weighted by Gasteiger charge is 2.36. The quantitative estimate of drug-likeness (QED) is 0.273. The van der Waals surface area contributed by atoms with Gasteiger partial charge in [-0.05, 0) is 66.6 Å². The fourth-order valence-corrected chi connectivity index (χ4v) is 4.58. The summed E-state index contributed by atoms with van der Waals surface area (Å²) in [5.74, 6) is -0.933. The minimum absolute atomic E-state index is 0.187. The zero-order valence-electron chi connectivity index (χ0n) is 18.5. The summed E-state index contributed by atoms with van der Waals surface area (Å²) >= 11 is 15.9. The van der Waals surface area contributed by atoms with Crippen LogP contribution < -0.4 is 15.0 Å². The van der Waals surface area contributed by atoms with Gasteiger partial charge in [-0.15, -0.1) is 0 Å². The van der Waals surface area contributed by atoms with Crippen LogP contribution in [0.3, 0.4) is 0 Å². The molecule has 9 heteroatoms. The van der Waals surface area contributed by atoms with Crippen molar-refractivity contribution in [1.82, 2.24) is 5.32 Å². The molecule has 4 rings (SSSR count). The molecule has 4 amide bonds. The molecule has 3 aromatic rings. The maximum atomic E-state index is 13.2. The van der Waals surface area contributed by atoms with Gasteiger partial charge in [0.25, 0.3) is 11.8 Å². The van der Waals surface area contributed by atoms with Gasteiger partial charge in [0.05, 0.1) is 12.3 Å². The molecule has 35 heavy (non-hydrogen) atoms. The van der Waals surface area contributed by atoms with Crippen LogP contribution in [-0.4, -0.2) is 24.5 Å². The normalized spacial score (nSPS) is 14.9. The molecular formula is C26H19BrCl2N2O4. The van der Waals surface area contributed by atoms with E-state index in [1.165, 1.54) is 18.2 Å². The second-order valence-electron chi connectivity index (χ2n) is 7.61. The third-order valence-corrected chi connectivity index (χ3v) is 6.63. The van der Waals surface area contributed by atoms with E-state index in [0.29, 0.717) is 40.1 Å². The van der Waals surface area contributed by atoms with Crippen molar-refractivity contribution in [3.05, 3.63) is 97.4 Å². The molecule has 0 atom stereocenters. The molecule has 0 aromatic heterocycles. The molecule has 1 heterocycles. The Hall–Kier alpha value is -3.13. The van der Waals surface area contributed by atoms with Gasteiger partial charge in [-0.3, -0.25) is 14.9 Å². The third-order valence-electron chi connectivity index (χ3n) is 5.30. The molecule has 1 N–H and O–H groups in total. The molecule has 1 fully saturated rings. The maximum Gasteiger partial charge on any atom is 0.335 e. The highest BCUT2D eigenvalue weighted by molar-refractivity contribution is 9.10. The van der Waals surface area contributed by atoms with E-state index < -0.39 is 17.8 Å². The first-order valence-corrected chi connectivity index (χ1v) is 12.2. The van der Waals surface area contributed by atoms with Crippen LogP contribution >= 0.6 is 39.1 Å². The van der Waals surface area contributed by atoms with Crippen LogP contribution in [0.5, 0.6) is 5.75 Å². The Labute approximate surface area is 220 Å². The first-order chi connectivity index (χ1) is 16.8. The molecule has 0 aliphatic carbocycles. The van der Waals surface area contributed by atoms with Crippen LogP contribution in [0.15, 0.2) is 70.7 Å². The number of benzene rings is 3. The lowest BCUT2D eigenvalue weighted by atomic mass is 10.0. The zero-order chi connectivity index (χ0) is 25.1. The first-order valence-electron chi connectivity index (χ1n) is 10.6. The van der Waals surface area contributed by atoms with Gasteiger partial charge < -0.3 is 4.74 Å². The molecule has 178 valence electrons. The number of carbonyl (C=O) groups excluding carboxylic acids is 3. The number of urea groups is 1. The van der Waals surface area contributed by atoms with Crippen LogP contribution in [0, 0.1) is 0 Å². The van der Waals surface area contributed by atoms with Gasteiger partial charge in [0.15, 0.2) is 0 Å². The van der Waals surface area contributed by atoms with Crippen molar-refractivity contribution in [2.24, 2.45) is 0 Å². The van der Waals surface area contributed by atoms with E-state index in [1.807, 2.05) is 31.2 Å². The fraction of sp³-hybridized carbons (Fsp3) is 0.115. The van der Waals surface area contributed by atoms with E-state index in [2.05, 4.69) is 21.2 Å². The lowest BCUT2D eigenvalue weighted by Crippen LogP contribution is -2.54. The number of halogens is 3. The average Bonchev–Trinajstić information content (AvgIpc) is 2.81. The SMILES string of the molecule is CCOc1cc(/C=C2\C(=O)NC(=O)N(c3ccc(Cl)cc3)C2=O)cc(Br)c1Cc1ccccc1Cl. The van der Waals surface area contributed by atoms with Crippen LogP contribution in [0.2, 0.25) is 10.0 Å². The second-order valence-corrected chi connectivity index (χ2v) is 9.31. The Morgan fingerprint density at radius 2 is 1.74 bits per heavy atom. The summed E-state index contributed by atoms with van der Waals surface area (Å²) in [5, 5.41) is 3.31. The molecular weight excluding hydrogens is 555 g/mol. The van der Waals surface area contributed by atoms with E-state index in [9.17, 15) is 14.4 Å². The molecule has 0 spiro atoms. The summed E-state index contributed by atoms with van der Waals surface area (Å²) in [6.45, 7) is 2.28. The summed E-state index contributed by atoms with van der Waals surface area (Å²) in [6, 6.07) is 16.4. The highest BCUT2D eigenvalue weighted by atomic mass is 79.9. The molecule has 0 bridgehead atoms. The summed E-state index contributed by atoms with van der Waals surface area (Å²) in [5.41, 5.74) is 2.46. The first kappa shape index (κ1) is 25.0. The van der Waals surface area contributed by atoms with Crippen molar-refractivity contribution >= 4 is 68.7 Å². The van der Waals surface area contributed by atoms with Crippen LogP contribution in [0.4, 0.5) is 10.5 Å². The Bertz CT molecular complexity index is 1360. The van der Waals surface area contributed by atoms with Crippen molar-refractivity contribution in [3.63, 3.8) is 0 Å². The molecule has 0 unspecified atom stereocenters. The van der Waals surface area contributed by atoms with Crippen molar-refractivity contribution in [3.8, 4) is 5.75 Å². The fourth-order valence-electron chi connectivity index (χ4n) is 3.65. The number of amides is 4. The summed E-state index contributed by atoms with van der Waals surface area (Å²) in [4.78, 5) is 39.0. The van der Waals surface area contributed by atoms with Gasteiger partial charge >= 0.3 is 6.03 Å². The Morgan fingerprint density at radius 1 is 1.03 bits per heavy atom. The molecule has 3 aromatic carbocycles. The third kappa shape index (κ3) is 5.42. The Balaban J connectivity index is 1.72. The van der Waals surface area contributed by atoms with Crippen molar-refractivity contribution in [2.75, 3.05) is 11.5 Å². The number of hydrogen-bond acceptors (Lipinski definition) is 4. The molecule has 0 radical (unpaired) electrons. The monoisotopic (exact) mass is 572 g/mol. The predicted molar refractivity (Wildman–Crippen MR) is 140 cm³/mol. The highest BCUT2D eigenvalue weighted by Crippen LogP contribution is 2.34. The summed E-state index contributed by atoms with van der Waals surface area (Å²) < 4.78 is 6.59. The van der Waals surface area contributed by atoms with E-state index >= 15 is 0 Å². The largest absolute Gasteiger partial charge is 0.494 e. The van der Waals surface area contributed by atoms with Gasteiger partial charge in [-0.25, -0.2) is 9.69 Å². The van der Waals surface area contributed by atoms with Gasteiger partial charge in [0.1, 0.15) is 11.3 Å². The number of ether oxygens (including phenoxy) is 1. The number of carbonyl (C=O) groups is 3. The predicted octanol–water partition coefficient (Wildman–Crippen LogP) is 6.41. The minimum Gasteiger partial charge on any atom is -0.494 e. The Kier molecular flexibility index (Phi) is 7.60. The van der Waals surface area contributed by atoms with Crippen LogP contribution in [-0.2, 0) is 16.0 Å². The van der Waals surface area contributed by atoms with Crippen LogP contribution in [0.25, 0.3) is 6.08 Å². The molecule has 1 aliphatic rings. The smallest absolute Gasteiger partial charge is 0.335 e. The number of hydrogen-bond donors (Lipinski definition) is 1. The van der Waals surface area contributed by atoms with Crippen molar-refractivity contribution in [1.29, 1.82) is 0 Å². The zero-order valence-corrected chi connectivity index (χ0v) is 21.6. The van der Waals surface area contributed by atoms with Gasteiger partial charge in [-0.1, -0.05) is 57.3 Å². The van der Waals surface area contributed by atoms with Crippen LogP contribution in [0.1, 0.15) is 23.6 Å². The number of anilines is 1. The molecule has 1 saturated heterocycles. The molecule has 1 aliphatic heterocycles. The number of rotatable bonds is 6. The standard InChI is InChI=1S/C26H19BrCl2N2O4/c1-2-35-23-13-15(12-21(27)19(23)14-16-5-3-4-6-22(16)29)11-20-24(32)30-26(34)31(25(20)33)18-9-7-17(28)8-10-18/h3-13H,2,14H2,1H3,(H,30,32,34)/b20-11+. The van der Waals surface area contributed by atoms with Crippen molar-refractivity contribution < 1.29 is 19.1 Å².